The van der Waals surface area contributed by atoms with Gasteiger partial charge in [0.15, 0.2) is 5.11 Å². The van der Waals surface area contributed by atoms with Crippen molar-refractivity contribution < 1.29 is 17.9 Å². The molecule has 0 saturated carbocycles. The van der Waals surface area contributed by atoms with Crippen LogP contribution in [0.4, 0.5) is 17.1 Å². The maximum Gasteiger partial charge on any atom is 0.243 e. The highest BCUT2D eigenvalue weighted by atomic mass is 32.2. The maximum atomic E-state index is 12.7. The molecule has 2 aliphatic rings. The summed E-state index contributed by atoms with van der Waals surface area (Å²) in [5.41, 5.74) is 2.74. The predicted molar refractivity (Wildman–Crippen MR) is 125 cm³/mol. The van der Waals surface area contributed by atoms with Gasteiger partial charge in [0.2, 0.25) is 10.0 Å². The molecule has 0 bridgehead atoms. The second-order valence-electron chi connectivity index (χ2n) is 7.27. The van der Waals surface area contributed by atoms with Crippen LogP contribution in [0.1, 0.15) is 0 Å². The number of thiocarbonyl (C=S) groups is 1. The van der Waals surface area contributed by atoms with Crippen LogP contribution in [0.15, 0.2) is 53.4 Å². The molecule has 2 heterocycles. The van der Waals surface area contributed by atoms with E-state index in [0.717, 1.165) is 37.7 Å². The standard InChI is InChI=1S/C21H26N4O4S2/c26-31(27,25-11-15-29-16-12-25)20-7-3-18(4-8-20)23-21(30)22-17-1-5-19(6-2-17)24-9-13-28-14-10-24/h1-8H,9-16H2,(H2,22,23,30). The third-order valence-electron chi connectivity index (χ3n) is 5.22. The molecule has 2 aliphatic heterocycles. The lowest BCUT2D eigenvalue weighted by Gasteiger charge is -2.29. The normalized spacial score (nSPS) is 17.9. The molecule has 0 spiro atoms. The van der Waals surface area contributed by atoms with Gasteiger partial charge in [-0.3, -0.25) is 0 Å². The van der Waals surface area contributed by atoms with Crippen molar-refractivity contribution in [2.75, 3.05) is 68.1 Å². The van der Waals surface area contributed by atoms with E-state index in [4.69, 9.17) is 21.7 Å². The third-order valence-corrected chi connectivity index (χ3v) is 7.34. The number of rotatable bonds is 5. The molecular formula is C21H26N4O4S2. The van der Waals surface area contributed by atoms with Gasteiger partial charge in [-0.25, -0.2) is 8.42 Å². The van der Waals surface area contributed by atoms with Crippen molar-refractivity contribution in [2.24, 2.45) is 0 Å². The minimum Gasteiger partial charge on any atom is -0.379 e. The van der Waals surface area contributed by atoms with Gasteiger partial charge in [0.1, 0.15) is 0 Å². The summed E-state index contributed by atoms with van der Waals surface area (Å²) in [5, 5.41) is 6.68. The number of nitrogens with one attached hydrogen (secondary N) is 2. The number of morpholine rings is 2. The minimum atomic E-state index is -3.50. The number of hydrogen-bond acceptors (Lipinski definition) is 6. The molecule has 0 unspecified atom stereocenters. The summed E-state index contributed by atoms with van der Waals surface area (Å²) in [6, 6.07) is 14.7. The predicted octanol–water partition coefficient (Wildman–Crippen LogP) is 2.35. The summed E-state index contributed by atoms with van der Waals surface area (Å²) >= 11 is 5.40. The van der Waals surface area contributed by atoms with Crippen LogP contribution >= 0.6 is 12.2 Å². The zero-order valence-electron chi connectivity index (χ0n) is 17.1. The highest BCUT2D eigenvalue weighted by Gasteiger charge is 2.26. The van der Waals surface area contributed by atoms with Crippen LogP contribution in [0.25, 0.3) is 0 Å². The molecule has 2 aromatic rings. The lowest BCUT2D eigenvalue weighted by Crippen LogP contribution is -2.40. The number of benzene rings is 2. The molecule has 0 aliphatic carbocycles. The van der Waals surface area contributed by atoms with Crippen molar-refractivity contribution in [3.05, 3.63) is 48.5 Å². The fourth-order valence-corrected chi connectivity index (χ4v) is 5.16. The Morgan fingerprint density at radius 1 is 0.774 bits per heavy atom. The molecule has 2 aromatic carbocycles. The van der Waals surface area contributed by atoms with E-state index in [0.29, 0.717) is 37.1 Å². The number of anilines is 3. The van der Waals surface area contributed by atoms with Crippen molar-refractivity contribution in [3.63, 3.8) is 0 Å². The first-order chi connectivity index (χ1) is 15.0. The molecule has 2 N–H and O–H groups in total. The van der Waals surface area contributed by atoms with Gasteiger partial charge in [0, 0.05) is 43.2 Å². The Labute approximate surface area is 188 Å². The first kappa shape index (κ1) is 22.0. The van der Waals surface area contributed by atoms with Crippen LogP contribution in [0.2, 0.25) is 0 Å². The molecule has 2 fully saturated rings. The first-order valence-electron chi connectivity index (χ1n) is 10.2. The number of nitrogens with zero attached hydrogens (tertiary/aromatic N) is 2. The zero-order valence-corrected chi connectivity index (χ0v) is 18.8. The van der Waals surface area contributed by atoms with E-state index in [9.17, 15) is 8.42 Å². The first-order valence-corrected chi connectivity index (χ1v) is 12.1. The van der Waals surface area contributed by atoms with Gasteiger partial charge in [-0.1, -0.05) is 0 Å². The van der Waals surface area contributed by atoms with E-state index >= 15 is 0 Å². The molecule has 0 aromatic heterocycles. The fraction of sp³-hybridized carbons (Fsp3) is 0.381. The summed E-state index contributed by atoms with van der Waals surface area (Å²) in [6.07, 6.45) is 0. The van der Waals surface area contributed by atoms with Crippen LogP contribution in [0, 0.1) is 0 Å². The Kier molecular flexibility index (Phi) is 7.03. The quantitative estimate of drug-likeness (QED) is 0.656. The SMILES string of the molecule is O=S(=O)(c1ccc(NC(=S)Nc2ccc(N3CCOCC3)cc2)cc1)N1CCOCC1. The van der Waals surface area contributed by atoms with Crippen LogP contribution in [-0.4, -0.2) is 70.4 Å². The molecule has 8 nitrogen and oxygen atoms in total. The lowest BCUT2D eigenvalue weighted by molar-refractivity contribution is 0.0730. The molecule has 166 valence electrons. The Balaban J connectivity index is 1.33. The average Bonchev–Trinajstić information content (AvgIpc) is 2.81. The molecular weight excluding hydrogens is 436 g/mol. The summed E-state index contributed by atoms with van der Waals surface area (Å²) in [5.74, 6) is 0. The Bertz CT molecular complexity index is 985. The van der Waals surface area contributed by atoms with E-state index in [1.54, 1.807) is 24.3 Å². The zero-order chi connectivity index (χ0) is 21.7. The minimum absolute atomic E-state index is 0.262. The molecule has 2 saturated heterocycles. The second kappa shape index (κ2) is 9.92. The number of ether oxygens (including phenoxy) is 2. The average molecular weight is 463 g/mol. The van der Waals surface area contributed by atoms with Gasteiger partial charge >= 0.3 is 0 Å². The maximum absolute atomic E-state index is 12.7. The van der Waals surface area contributed by atoms with E-state index < -0.39 is 10.0 Å². The lowest BCUT2D eigenvalue weighted by atomic mass is 10.2. The van der Waals surface area contributed by atoms with Crippen LogP contribution < -0.4 is 15.5 Å². The second-order valence-corrected chi connectivity index (χ2v) is 9.61. The summed E-state index contributed by atoms with van der Waals surface area (Å²) in [7, 11) is -3.50. The Morgan fingerprint density at radius 2 is 1.26 bits per heavy atom. The monoisotopic (exact) mass is 462 g/mol. The van der Waals surface area contributed by atoms with Gasteiger partial charge < -0.3 is 25.0 Å². The fourth-order valence-electron chi connectivity index (χ4n) is 3.52. The van der Waals surface area contributed by atoms with E-state index in [-0.39, 0.29) is 4.90 Å². The van der Waals surface area contributed by atoms with Crippen molar-refractivity contribution in [2.45, 2.75) is 4.90 Å². The van der Waals surface area contributed by atoms with Crippen LogP contribution in [-0.2, 0) is 19.5 Å². The van der Waals surface area contributed by atoms with Gasteiger partial charge in [-0.05, 0) is 60.7 Å². The van der Waals surface area contributed by atoms with Crippen molar-refractivity contribution in [1.29, 1.82) is 0 Å². The number of hydrogen-bond donors (Lipinski definition) is 2. The molecule has 0 atom stereocenters. The van der Waals surface area contributed by atoms with Gasteiger partial charge in [-0.15, -0.1) is 0 Å². The topological polar surface area (TPSA) is 83.1 Å². The summed E-state index contributed by atoms with van der Waals surface area (Å²) < 4.78 is 37.5. The van der Waals surface area contributed by atoms with E-state index in [2.05, 4.69) is 27.7 Å². The molecule has 10 heteroatoms. The van der Waals surface area contributed by atoms with Gasteiger partial charge in [-0.2, -0.15) is 4.31 Å². The van der Waals surface area contributed by atoms with Gasteiger partial charge in [0.25, 0.3) is 0 Å². The van der Waals surface area contributed by atoms with Crippen molar-refractivity contribution in [3.8, 4) is 0 Å². The number of sulfonamides is 1. The van der Waals surface area contributed by atoms with Crippen molar-refractivity contribution in [1.82, 2.24) is 4.31 Å². The molecule has 0 radical (unpaired) electrons. The van der Waals surface area contributed by atoms with Crippen molar-refractivity contribution >= 4 is 44.4 Å². The third kappa shape index (κ3) is 5.52. The van der Waals surface area contributed by atoms with Crippen LogP contribution in [0.5, 0.6) is 0 Å². The molecule has 0 amide bonds. The van der Waals surface area contributed by atoms with Gasteiger partial charge in [0.05, 0.1) is 31.3 Å². The summed E-state index contributed by atoms with van der Waals surface area (Å²) in [4.78, 5) is 2.55. The molecule has 4 rings (SSSR count). The van der Waals surface area contributed by atoms with Crippen LogP contribution in [0.3, 0.4) is 0 Å². The van der Waals surface area contributed by atoms with E-state index in [1.165, 1.54) is 4.31 Å². The molecule has 31 heavy (non-hydrogen) atoms. The Morgan fingerprint density at radius 3 is 1.81 bits per heavy atom. The highest BCUT2D eigenvalue weighted by Crippen LogP contribution is 2.21. The highest BCUT2D eigenvalue weighted by molar-refractivity contribution is 7.89. The Hall–Kier alpha value is -2.24. The smallest absolute Gasteiger partial charge is 0.243 e. The largest absolute Gasteiger partial charge is 0.379 e. The van der Waals surface area contributed by atoms with E-state index in [1.807, 2.05) is 12.1 Å². The summed E-state index contributed by atoms with van der Waals surface area (Å²) in [6.45, 7) is 4.88.